The molecule has 0 aromatic heterocycles. The quantitative estimate of drug-likeness (QED) is 0.750. The van der Waals surface area contributed by atoms with Crippen molar-refractivity contribution in [3.63, 3.8) is 0 Å². The number of hydrogen-bond acceptors (Lipinski definition) is 3. The predicted octanol–water partition coefficient (Wildman–Crippen LogP) is 1.78. The molecule has 3 heteroatoms. The third-order valence-corrected chi connectivity index (χ3v) is 4.78. The third kappa shape index (κ3) is 2.88. The molecule has 2 rings (SSSR count). The normalized spacial score (nSPS) is 31.1. The lowest BCUT2D eigenvalue weighted by Crippen LogP contribution is -2.40. The second kappa shape index (κ2) is 4.86. The maximum atomic E-state index is 10.1. The van der Waals surface area contributed by atoms with Crippen LogP contribution in [0.15, 0.2) is 0 Å². The summed E-state index contributed by atoms with van der Waals surface area (Å²) in [5.41, 5.74) is -0.372. The van der Waals surface area contributed by atoms with E-state index >= 15 is 0 Å². The van der Waals surface area contributed by atoms with Crippen molar-refractivity contribution in [3.05, 3.63) is 0 Å². The van der Waals surface area contributed by atoms with Gasteiger partial charge in [0.1, 0.15) is 0 Å². The largest absolute Gasteiger partial charge is 0.389 e. The highest BCUT2D eigenvalue weighted by molar-refractivity contribution is 8.00. The van der Waals surface area contributed by atoms with E-state index in [1.165, 1.54) is 31.4 Å². The fraction of sp³-hybridized carbons (Fsp3) is 1.00. The summed E-state index contributed by atoms with van der Waals surface area (Å²) in [7, 11) is 0. The summed E-state index contributed by atoms with van der Waals surface area (Å²) in [5.74, 6) is 1.33. The zero-order chi connectivity index (χ0) is 9.86. The highest BCUT2D eigenvalue weighted by Gasteiger charge is 2.30. The van der Waals surface area contributed by atoms with Gasteiger partial charge in [-0.1, -0.05) is 12.8 Å². The van der Waals surface area contributed by atoms with Gasteiger partial charge in [0.15, 0.2) is 0 Å². The van der Waals surface area contributed by atoms with Gasteiger partial charge in [-0.05, 0) is 31.4 Å². The Morgan fingerprint density at radius 1 is 1.29 bits per heavy atom. The third-order valence-electron chi connectivity index (χ3n) is 3.38. The minimum atomic E-state index is -0.372. The fourth-order valence-corrected chi connectivity index (χ4v) is 3.72. The second-order valence-electron chi connectivity index (χ2n) is 4.70. The molecule has 2 aliphatic rings. The Bertz CT molecular complexity index is 174. The highest BCUT2D eigenvalue weighted by Crippen LogP contribution is 2.29. The summed E-state index contributed by atoms with van der Waals surface area (Å²) in [6.07, 6.45) is 7.14. The first-order valence-corrected chi connectivity index (χ1v) is 6.88. The van der Waals surface area contributed by atoms with E-state index in [4.69, 9.17) is 0 Å². The minimum Gasteiger partial charge on any atom is -0.389 e. The molecule has 14 heavy (non-hydrogen) atoms. The summed E-state index contributed by atoms with van der Waals surface area (Å²) in [6, 6.07) is 0. The number of rotatable bonds is 4. The maximum absolute atomic E-state index is 10.1. The molecule has 1 heterocycles. The lowest BCUT2D eigenvalue weighted by Gasteiger charge is -2.23. The van der Waals surface area contributed by atoms with E-state index in [1.807, 2.05) is 0 Å². The highest BCUT2D eigenvalue weighted by atomic mass is 32.2. The van der Waals surface area contributed by atoms with Crippen LogP contribution in [-0.4, -0.2) is 34.8 Å². The van der Waals surface area contributed by atoms with Gasteiger partial charge in [-0.2, -0.15) is 11.8 Å². The van der Waals surface area contributed by atoms with Crippen LogP contribution in [0.2, 0.25) is 0 Å². The SMILES string of the molecule is OC1(CNCC2CCCS2)CCCC1. The molecule has 0 radical (unpaired) electrons. The van der Waals surface area contributed by atoms with Crippen molar-refractivity contribution in [2.45, 2.75) is 49.4 Å². The van der Waals surface area contributed by atoms with Crippen LogP contribution in [0, 0.1) is 0 Å². The van der Waals surface area contributed by atoms with E-state index in [0.717, 1.165) is 31.2 Å². The molecule has 2 N–H and O–H groups in total. The first-order valence-electron chi connectivity index (χ1n) is 5.83. The number of aliphatic hydroxyl groups is 1. The Hall–Kier alpha value is 0.270. The first-order chi connectivity index (χ1) is 6.79. The standard InChI is InChI=1S/C11H21NOS/c13-11(5-1-2-6-11)9-12-8-10-4-3-7-14-10/h10,12-13H,1-9H2. The Kier molecular flexibility index (Phi) is 3.74. The Morgan fingerprint density at radius 3 is 2.71 bits per heavy atom. The van der Waals surface area contributed by atoms with Crippen LogP contribution >= 0.6 is 11.8 Å². The summed E-state index contributed by atoms with van der Waals surface area (Å²) in [5, 5.41) is 14.3. The van der Waals surface area contributed by atoms with Crippen molar-refractivity contribution >= 4 is 11.8 Å². The van der Waals surface area contributed by atoms with E-state index in [0.29, 0.717) is 0 Å². The first kappa shape index (κ1) is 10.8. The van der Waals surface area contributed by atoms with Gasteiger partial charge in [0.25, 0.3) is 0 Å². The van der Waals surface area contributed by atoms with Crippen molar-refractivity contribution in [1.29, 1.82) is 0 Å². The van der Waals surface area contributed by atoms with Gasteiger partial charge in [0.2, 0.25) is 0 Å². The molecule has 2 nitrogen and oxygen atoms in total. The molecule has 0 bridgehead atoms. The van der Waals surface area contributed by atoms with Crippen molar-refractivity contribution in [3.8, 4) is 0 Å². The van der Waals surface area contributed by atoms with Gasteiger partial charge in [0.05, 0.1) is 5.60 Å². The summed E-state index contributed by atoms with van der Waals surface area (Å²) < 4.78 is 0. The van der Waals surface area contributed by atoms with E-state index < -0.39 is 0 Å². The van der Waals surface area contributed by atoms with Gasteiger partial charge < -0.3 is 10.4 Å². The molecule has 1 saturated carbocycles. The van der Waals surface area contributed by atoms with E-state index in [9.17, 15) is 5.11 Å². The summed E-state index contributed by atoms with van der Waals surface area (Å²) in [6.45, 7) is 1.90. The zero-order valence-electron chi connectivity index (χ0n) is 8.80. The molecule has 2 fully saturated rings. The molecular formula is C11H21NOS. The van der Waals surface area contributed by atoms with E-state index in [-0.39, 0.29) is 5.60 Å². The van der Waals surface area contributed by atoms with Crippen LogP contribution in [0.4, 0.5) is 0 Å². The molecule has 0 aromatic carbocycles. The zero-order valence-corrected chi connectivity index (χ0v) is 9.61. The van der Waals surface area contributed by atoms with Crippen LogP contribution in [0.1, 0.15) is 38.5 Å². The van der Waals surface area contributed by atoms with Gasteiger partial charge in [-0.15, -0.1) is 0 Å². The maximum Gasteiger partial charge on any atom is 0.0771 e. The lowest BCUT2D eigenvalue weighted by atomic mass is 10.0. The van der Waals surface area contributed by atoms with Crippen LogP contribution in [0.3, 0.4) is 0 Å². The number of nitrogens with one attached hydrogen (secondary N) is 1. The topological polar surface area (TPSA) is 32.3 Å². The molecule has 1 saturated heterocycles. The Labute approximate surface area is 90.8 Å². The van der Waals surface area contributed by atoms with Crippen molar-refractivity contribution in [2.75, 3.05) is 18.8 Å². The Morgan fingerprint density at radius 2 is 2.07 bits per heavy atom. The van der Waals surface area contributed by atoms with Crippen LogP contribution < -0.4 is 5.32 Å². The predicted molar refractivity (Wildman–Crippen MR) is 61.8 cm³/mol. The number of thioether (sulfide) groups is 1. The number of hydrogen-bond donors (Lipinski definition) is 2. The molecule has 0 amide bonds. The molecule has 1 atom stereocenters. The summed E-state index contributed by atoms with van der Waals surface area (Å²) >= 11 is 2.08. The van der Waals surface area contributed by atoms with Crippen LogP contribution in [0.5, 0.6) is 0 Å². The molecule has 0 spiro atoms. The smallest absolute Gasteiger partial charge is 0.0771 e. The molecule has 82 valence electrons. The average Bonchev–Trinajstić information content (AvgIpc) is 2.77. The van der Waals surface area contributed by atoms with Gasteiger partial charge >= 0.3 is 0 Å². The van der Waals surface area contributed by atoms with Gasteiger partial charge in [-0.25, -0.2) is 0 Å². The molecule has 1 aliphatic carbocycles. The molecule has 1 aliphatic heterocycles. The van der Waals surface area contributed by atoms with Crippen molar-refractivity contribution in [1.82, 2.24) is 5.32 Å². The van der Waals surface area contributed by atoms with Crippen LogP contribution in [-0.2, 0) is 0 Å². The molecular weight excluding hydrogens is 194 g/mol. The fourth-order valence-electron chi connectivity index (χ4n) is 2.48. The van der Waals surface area contributed by atoms with Crippen molar-refractivity contribution < 1.29 is 5.11 Å². The second-order valence-corrected chi connectivity index (χ2v) is 6.11. The van der Waals surface area contributed by atoms with Crippen LogP contribution in [0.25, 0.3) is 0 Å². The van der Waals surface area contributed by atoms with Crippen molar-refractivity contribution in [2.24, 2.45) is 0 Å². The monoisotopic (exact) mass is 215 g/mol. The van der Waals surface area contributed by atoms with E-state index in [1.54, 1.807) is 0 Å². The average molecular weight is 215 g/mol. The minimum absolute atomic E-state index is 0.372. The van der Waals surface area contributed by atoms with E-state index in [2.05, 4.69) is 17.1 Å². The molecule has 1 unspecified atom stereocenters. The lowest BCUT2D eigenvalue weighted by molar-refractivity contribution is 0.0480. The molecule has 0 aromatic rings. The van der Waals surface area contributed by atoms with Gasteiger partial charge in [0, 0.05) is 18.3 Å². The summed E-state index contributed by atoms with van der Waals surface area (Å²) in [4.78, 5) is 0. The Balaban J connectivity index is 1.61. The van der Waals surface area contributed by atoms with Gasteiger partial charge in [-0.3, -0.25) is 0 Å².